The fourth-order valence-corrected chi connectivity index (χ4v) is 4.99. The van der Waals surface area contributed by atoms with Crippen molar-refractivity contribution < 1.29 is 19.4 Å². The standard InChI is InChI=1S/C20H27NO4/c1-11(2)16-15(9-14-18-19(25-18)17(16)21(14)3)24-20(23)13(10-22)12-7-5-4-6-8-12/h4-8,11,13-19,22H,9-10H2,1-3H3. The van der Waals surface area contributed by atoms with Crippen molar-refractivity contribution in [2.45, 2.75) is 56.6 Å². The summed E-state index contributed by atoms with van der Waals surface area (Å²) in [5, 5.41) is 9.73. The molecule has 3 aliphatic rings. The van der Waals surface area contributed by atoms with E-state index in [1.807, 2.05) is 30.3 Å². The molecule has 4 rings (SSSR count). The normalized spacial score (nSPS) is 37.6. The van der Waals surface area contributed by atoms with Crippen LogP contribution >= 0.6 is 0 Å². The smallest absolute Gasteiger partial charge is 0.316 e. The third-order valence-electron chi connectivity index (χ3n) is 6.27. The highest BCUT2D eigenvalue weighted by molar-refractivity contribution is 5.78. The van der Waals surface area contributed by atoms with Gasteiger partial charge < -0.3 is 14.6 Å². The van der Waals surface area contributed by atoms with E-state index in [1.54, 1.807) is 0 Å². The van der Waals surface area contributed by atoms with Crippen LogP contribution in [0.1, 0.15) is 31.7 Å². The van der Waals surface area contributed by atoms with Gasteiger partial charge >= 0.3 is 5.97 Å². The molecular weight excluding hydrogens is 318 g/mol. The number of ether oxygens (including phenoxy) is 2. The number of nitrogens with zero attached hydrogens (tertiary/aromatic N) is 1. The number of aliphatic hydroxyl groups excluding tert-OH is 1. The van der Waals surface area contributed by atoms with Crippen LogP contribution in [-0.4, -0.2) is 60.0 Å². The number of piperidine rings is 1. The van der Waals surface area contributed by atoms with Crippen LogP contribution in [0.25, 0.3) is 0 Å². The largest absolute Gasteiger partial charge is 0.461 e. The quantitative estimate of drug-likeness (QED) is 0.651. The fraction of sp³-hybridized carbons (Fsp3) is 0.650. The highest BCUT2D eigenvalue weighted by Gasteiger charge is 2.66. The summed E-state index contributed by atoms with van der Waals surface area (Å²) in [6.45, 7) is 4.15. The minimum atomic E-state index is -0.614. The minimum Gasteiger partial charge on any atom is -0.461 e. The van der Waals surface area contributed by atoms with Crippen molar-refractivity contribution in [1.29, 1.82) is 0 Å². The van der Waals surface area contributed by atoms with E-state index in [9.17, 15) is 9.90 Å². The molecule has 3 saturated heterocycles. The Morgan fingerprint density at radius 2 is 2.04 bits per heavy atom. The van der Waals surface area contributed by atoms with Gasteiger partial charge in [0, 0.05) is 24.4 Å². The van der Waals surface area contributed by atoms with Crippen molar-refractivity contribution >= 4 is 5.97 Å². The van der Waals surface area contributed by atoms with Gasteiger partial charge in [0.2, 0.25) is 0 Å². The first-order valence-electron chi connectivity index (χ1n) is 9.26. The van der Waals surface area contributed by atoms with Crippen molar-refractivity contribution in [3.05, 3.63) is 35.9 Å². The van der Waals surface area contributed by atoms with E-state index in [-0.39, 0.29) is 24.6 Å². The molecule has 0 aromatic heterocycles. The molecule has 3 aliphatic heterocycles. The maximum absolute atomic E-state index is 12.8. The van der Waals surface area contributed by atoms with Crippen molar-refractivity contribution in [3.8, 4) is 0 Å². The highest BCUT2D eigenvalue weighted by atomic mass is 16.6. The molecule has 25 heavy (non-hydrogen) atoms. The van der Waals surface area contributed by atoms with Crippen molar-refractivity contribution in [2.75, 3.05) is 13.7 Å². The number of esters is 1. The number of epoxide rings is 1. The van der Waals surface area contributed by atoms with Crippen molar-refractivity contribution in [1.82, 2.24) is 4.90 Å². The van der Waals surface area contributed by atoms with Crippen LogP contribution in [-0.2, 0) is 14.3 Å². The van der Waals surface area contributed by atoms with Crippen LogP contribution in [0.2, 0.25) is 0 Å². The average Bonchev–Trinajstić information content (AvgIpc) is 3.33. The van der Waals surface area contributed by atoms with Crippen LogP contribution in [0.4, 0.5) is 0 Å². The van der Waals surface area contributed by atoms with E-state index < -0.39 is 5.92 Å². The molecule has 136 valence electrons. The zero-order valence-corrected chi connectivity index (χ0v) is 15.0. The zero-order chi connectivity index (χ0) is 17.7. The summed E-state index contributed by atoms with van der Waals surface area (Å²) in [5.74, 6) is -0.267. The Kier molecular flexibility index (Phi) is 4.34. The van der Waals surface area contributed by atoms with Crippen molar-refractivity contribution in [2.24, 2.45) is 11.8 Å². The van der Waals surface area contributed by atoms with Gasteiger partial charge in [-0.05, 0) is 18.5 Å². The van der Waals surface area contributed by atoms with Gasteiger partial charge in [-0.15, -0.1) is 0 Å². The Labute approximate surface area is 148 Å². The van der Waals surface area contributed by atoms with Crippen LogP contribution < -0.4 is 0 Å². The number of rotatable bonds is 5. The second-order valence-corrected chi connectivity index (χ2v) is 7.97. The summed E-state index contributed by atoms with van der Waals surface area (Å²) in [7, 11) is 2.17. The fourth-order valence-electron chi connectivity index (χ4n) is 4.99. The molecule has 1 aromatic rings. The molecule has 2 bridgehead atoms. The lowest BCUT2D eigenvalue weighted by atomic mass is 9.79. The van der Waals surface area contributed by atoms with Crippen LogP contribution in [0.5, 0.6) is 0 Å². The molecule has 1 N–H and O–H groups in total. The number of hydrogen-bond acceptors (Lipinski definition) is 5. The van der Waals surface area contributed by atoms with E-state index in [1.165, 1.54) is 0 Å². The van der Waals surface area contributed by atoms with Crippen LogP contribution in [0.3, 0.4) is 0 Å². The lowest BCUT2D eigenvalue weighted by Crippen LogP contribution is -2.55. The Balaban J connectivity index is 1.52. The topological polar surface area (TPSA) is 62.3 Å². The van der Waals surface area contributed by atoms with Gasteiger partial charge in [-0.1, -0.05) is 44.2 Å². The first kappa shape index (κ1) is 17.0. The number of aliphatic hydroxyl groups is 1. The zero-order valence-electron chi connectivity index (χ0n) is 15.0. The predicted molar refractivity (Wildman–Crippen MR) is 93.1 cm³/mol. The first-order chi connectivity index (χ1) is 12.0. The van der Waals surface area contributed by atoms with Gasteiger partial charge in [-0.3, -0.25) is 9.69 Å². The Morgan fingerprint density at radius 3 is 2.68 bits per heavy atom. The molecule has 7 unspecified atom stereocenters. The number of carbonyl (C=O) groups is 1. The summed E-state index contributed by atoms with van der Waals surface area (Å²) in [6, 6.07) is 10.1. The molecule has 0 amide bonds. The second-order valence-electron chi connectivity index (χ2n) is 7.97. The number of hydrogen-bond donors (Lipinski definition) is 1. The van der Waals surface area contributed by atoms with E-state index in [4.69, 9.17) is 9.47 Å². The molecule has 3 heterocycles. The van der Waals surface area contributed by atoms with E-state index in [0.29, 0.717) is 30.2 Å². The molecule has 1 aromatic carbocycles. The van der Waals surface area contributed by atoms with Crippen LogP contribution in [0, 0.1) is 11.8 Å². The summed E-state index contributed by atoms with van der Waals surface area (Å²) >= 11 is 0. The van der Waals surface area contributed by atoms with Gasteiger partial charge in [0.25, 0.3) is 0 Å². The minimum absolute atomic E-state index is 0.104. The lowest BCUT2D eigenvalue weighted by Gasteiger charge is -2.45. The van der Waals surface area contributed by atoms with E-state index >= 15 is 0 Å². The van der Waals surface area contributed by atoms with Gasteiger partial charge in [0.05, 0.1) is 6.61 Å². The summed E-state index contributed by atoms with van der Waals surface area (Å²) in [6.07, 6.45) is 1.32. The first-order valence-corrected chi connectivity index (χ1v) is 9.26. The molecular formula is C20H27NO4. The maximum Gasteiger partial charge on any atom is 0.316 e. The Hall–Kier alpha value is -1.43. The molecule has 5 nitrogen and oxygen atoms in total. The van der Waals surface area contributed by atoms with Gasteiger partial charge in [-0.2, -0.15) is 0 Å². The predicted octanol–water partition coefficient (Wildman–Crippen LogP) is 1.80. The Bertz CT molecular complexity index is 634. The molecule has 0 spiro atoms. The van der Waals surface area contributed by atoms with E-state index in [2.05, 4.69) is 25.8 Å². The Morgan fingerprint density at radius 1 is 1.32 bits per heavy atom. The molecule has 0 saturated carbocycles. The summed E-state index contributed by atoms with van der Waals surface area (Å²) < 4.78 is 11.8. The second kappa shape index (κ2) is 6.38. The molecule has 0 aliphatic carbocycles. The van der Waals surface area contributed by atoms with Gasteiger partial charge in [-0.25, -0.2) is 0 Å². The van der Waals surface area contributed by atoms with Gasteiger partial charge in [0.15, 0.2) is 0 Å². The molecule has 7 atom stereocenters. The number of carbonyl (C=O) groups excluding carboxylic acids is 1. The van der Waals surface area contributed by atoms with E-state index in [0.717, 1.165) is 12.0 Å². The summed E-state index contributed by atoms with van der Waals surface area (Å²) in [5.41, 5.74) is 0.804. The third kappa shape index (κ3) is 2.78. The summed E-state index contributed by atoms with van der Waals surface area (Å²) in [4.78, 5) is 15.2. The van der Waals surface area contributed by atoms with Crippen molar-refractivity contribution in [3.63, 3.8) is 0 Å². The monoisotopic (exact) mass is 345 g/mol. The molecule has 0 radical (unpaired) electrons. The maximum atomic E-state index is 12.8. The van der Waals surface area contributed by atoms with Gasteiger partial charge in [0.1, 0.15) is 24.2 Å². The number of likely N-dealkylation sites (N-methyl/N-ethyl adjacent to an activating group) is 1. The molecule has 3 fully saturated rings. The highest BCUT2D eigenvalue weighted by Crippen LogP contribution is 2.52. The third-order valence-corrected chi connectivity index (χ3v) is 6.27. The SMILES string of the molecule is CC(C)C1C(OC(=O)C(CO)c2ccccc2)CC2C3OC3C1N2C. The molecule has 5 heteroatoms. The average molecular weight is 345 g/mol. The number of morpholine rings is 1. The number of fused-ring (bicyclic) bond motifs is 5. The number of benzene rings is 1. The lowest BCUT2D eigenvalue weighted by molar-refractivity contribution is -0.164. The van der Waals surface area contributed by atoms with Crippen LogP contribution in [0.15, 0.2) is 30.3 Å².